The lowest BCUT2D eigenvalue weighted by Gasteiger charge is -2.10. The summed E-state index contributed by atoms with van der Waals surface area (Å²) in [5.41, 5.74) is 0.168. The summed E-state index contributed by atoms with van der Waals surface area (Å²) in [6, 6.07) is 4.97. The Hall–Kier alpha value is -3.62. The molecule has 2 aromatic heterocycles. The maximum absolute atomic E-state index is 13.1. The number of carboxylic acid groups (broad SMARTS) is 1. The van der Waals surface area contributed by atoms with E-state index in [2.05, 4.69) is 19.9 Å². The summed E-state index contributed by atoms with van der Waals surface area (Å²) in [6.45, 7) is 1.54. The molecule has 2 heterocycles. The molecule has 1 aromatic carbocycles. The SMILES string of the molecule is Cc1cc(-c2nccc(/C=C(/C(=O)O)c3cncnc3)n2)cc(C(F)(F)F)c1. The first-order valence-corrected chi connectivity index (χ1v) is 7.97. The molecule has 0 saturated carbocycles. The molecule has 0 aliphatic heterocycles. The first-order chi connectivity index (χ1) is 13.2. The van der Waals surface area contributed by atoms with E-state index < -0.39 is 17.7 Å². The number of aliphatic carboxylic acids is 1. The third kappa shape index (κ3) is 4.37. The van der Waals surface area contributed by atoms with Crippen LogP contribution in [0, 0.1) is 6.92 Å². The van der Waals surface area contributed by atoms with Crippen molar-refractivity contribution in [2.75, 3.05) is 0 Å². The Balaban J connectivity index is 2.06. The van der Waals surface area contributed by atoms with Gasteiger partial charge in [0, 0.05) is 29.7 Å². The molecule has 142 valence electrons. The number of carbonyl (C=O) groups is 1. The van der Waals surface area contributed by atoms with Gasteiger partial charge in [-0.15, -0.1) is 0 Å². The number of hydrogen-bond donors (Lipinski definition) is 1. The van der Waals surface area contributed by atoms with Gasteiger partial charge in [0.05, 0.1) is 16.8 Å². The smallest absolute Gasteiger partial charge is 0.416 e. The third-order valence-electron chi connectivity index (χ3n) is 3.73. The Morgan fingerprint density at radius 3 is 2.50 bits per heavy atom. The summed E-state index contributed by atoms with van der Waals surface area (Å²) >= 11 is 0. The number of hydrogen-bond acceptors (Lipinski definition) is 5. The van der Waals surface area contributed by atoms with E-state index in [1.807, 2.05) is 0 Å². The number of aryl methyl sites for hydroxylation is 1. The molecule has 0 aliphatic rings. The molecule has 6 nitrogen and oxygen atoms in total. The molecule has 0 fully saturated rings. The van der Waals surface area contributed by atoms with Crippen LogP contribution in [-0.4, -0.2) is 31.0 Å². The molecule has 3 aromatic rings. The van der Waals surface area contributed by atoms with Crippen molar-refractivity contribution in [3.63, 3.8) is 0 Å². The average molecular weight is 386 g/mol. The van der Waals surface area contributed by atoms with Crippen LogP contribution >= 0.6 is 0 Å². The maximum atomic E-state index is 13.1. The molecule has 0 bridgehead atoms. The highest BCUT2D eigenvalue weighted by Gasteiger charge is 2.31. The van der Waals surface area contributed by atoms with Crippen LogP contribution in [0.4, 0.5) is 13.2 Å². The zero-order valence-corrected chi connectivity index (χ0v) is 14.5. The number of rotatable bonds is 4. The number of aromatic nitrogens is 4. The quantitative estimate of drug-likeness (QED) is 0.685. The number of alkyl halides is 3. The highest BCUT2D eigenvalue weighted by Crippen LogP contribution is 2.32. The van der Waals surface area contributed by atoms with Gasteiger partial charge in [-0.25, -0.2) is 24.7 Å². The Morgan fingerprint density at radius 2 is 1.86 bits per heavy atom. The Bertz CT molecular complexity index is 1050. The van der Waals surface area contributed by atoms with Crippen molar-refractivity contribution in [2.45, 2.75) is 13.1 Å². The van der Waals surface area contributed by atoms with Crippen LogP contribution in [0.15, 0.2) is 49.2 Å². The van der Waals surface area contributed by atoms with Crippen molar-refractivity contribution in [3.8, 4) is 11.4 Å². The largest absolute Gasteiger partial charge is 0.478 e. The predicted molar refractivity (Wildman–Crippen MR) is 94.7 cm³/mol. The van der Waals surface area contributed by atoms with Gasteiger partial charge in [0.25, 0.3) is 0 Å². The van der Waals surface area contributed by atoms with Crippen LogP contribution in [0.1, 0.15) is 22.4 Å². The Morgan fingerprint density at radius 1 is 1.14 bits per heavy atom. The molecule has 9 heteroatoms. The van der Waals surface area contributed by atoms with Gasteiger partial charge in [0.2, 0.25) is 0 Å². The Kier molecular flexibility index (Phi) is 5.16. The van der Waals surface area contributed by atoms with Crippen LogP contribution in [0.25, 0.3) is 23.0 Å². The highest BCUT2D eigenvalue weighted by molar-refractivity contribution is 6.20. The van der Waals surface area contributed by atoms with Crippen molar-refractivity contribution in [1.29, 1.82) is 0 Å². The topological polar surface area (TPSA) is 88.9 Å². The monoisotopic (exact) mass is 386 g/mol. The normalized spacial score (nSPS) is 12.1. The van der Waals surface area contributed by atoms with Gasteiger partial charge >= 0.3 is 12.1 Å². The van der Waals surface area contributed by atoms with Crippen molar-refractivity contribution < 1.29 is 23.1 Å². The fraction of sp³-hybridized carbons (Fsp3) is 0.105. The summed E-state index contributed by atoms with van der Waals surface area (Å²) in [5, 5.41) is 9.44. The first-order valence-electron chi connectivity index (χ1n) is 7.97. The van der Waals surface area contributed by atoms with Crippen LogP contribution < -0.4 is 0 Å². The average Bonchev–Trinajstić information content (AvgIpc) is 2.65. The molecule has 28 heavy (non-hydrogen) atoms. The van der Waals surface area contributed by atoms with E-state index in [9.17, 15) is 23.1 Å². The molecular formula is C19H13F3N4O2. The molecule has 1 N–H and O–H groups in total. The van der Waals surface area contributed by atoms with Gasteiger partial charge in [-0.05, 0) is 42.8 Å². The fourth-order valence-corrected chi connectivity index (χ4v) is 2.52. The van der Waals surface area contributed by atoms with Gasteiger partial charge in [-0.1, -0.05) is 0 Å². The van der Waals surface area contributed by atoms with Gasteiger partial charge in [-0.2, -0.15) is 13.2 Å². The minimum atomic E-state index is -4.50. The van der Waals surface area contributed by atoms with E-state index in [-0.39, 0.29) is 28.2 Å². The number of carboxylic acids is 1. The first kappa shape index (κ1) is 19.2. The second-order valence-electron chi connectivity index (χ2n) is 5.88. The minimum absolute atomic E-state index is 0.0528. The van der Waals surface area contributed by atoms with E-state index in [1.54, 1.807) is 6.92 Å². The molecule has 0 radical (unpaired) electrons. The predicted octanol–water partition coefficient (Wildman–Crippen LogP) is 3.89. The number of halogens is 3. The summed E-state index contributed by atoms with van der Waals surface area (Å²) in [4.78, 5) is 27.3. The van der Waals surface area contributed by atoms with Crippen molar-refractivity contribution >= 4 is 17.6 Å². The second kappa shape index (κ2) is 7.55. The van der Waals surface area contributed by atoms with E-state index in [0.717, 1.165) is 12.1 Å². The highest BCUT2D eigenvalue weighted by atomic mass is 19.4. The lowest BCUT2D eigenvalue weighted by Crippen LogP contribution is -2.06. The second-order valence-corrected chi connectivity index (χ2v) is 5.88. The molecule has 0 saturated heterocycles. The van der Waals surface area contributed by atoms with Gasteiger partial charge in [0.15, 0.2) is 5.82 Å². The van der Waals surface area contributed by atoms with Gasteiger partial charge in [-0.3, -0.25) is 0 Å². The molecule has 0 spiro atoms. The van der Waals surface area contributed by atoms with E-state index in [1.165, 1.54) is 43.1 Å². The lowest BCUT2D eigenvalue weighted by molar-refractivity contribution is -0.137. The summed E-state index contributed by atoms with van der Waals surface area (Å²) < 4.78 is 39.2. The molecule has 0 amide bonds. The van der Waals surface area contributed by atoms with E-state index in [4.69, 9.17) is 0 Å². The van der Waals surface area contributed by atoms with Crippen LogP contribution in [0.2, 0.25) is 0 Å². The third-order valence-corrected chi connectivity index (χ3v) is 3.73. The zero-order valence-electron chi connectivity index (χ0n) is 14.5. The van der Waals surface area contributed by atoms with Crippen LogP contribution in [0.5, 0.6) is 0 Å². The summed E-state index contributed by atoms with van der Waals surface area (Å²) in [6.07, 6.45) is 2.08. The standard InChI is InChI=1S/C19H13F3N4O2/c1-11-4-12(6-14(5-11)19(20,21)22)17-25-3-2-15(26-17)7-16(18(27)28)13-8-23-10-24-9-13/h2-10H,1H3,(H,27,28)/b16-7+. The van der Waals surface area contributed by atoms with Crippen LogP contribution in [0.3, 0.4) is 0 Å². The summed E-state index contributed by atoms with van der Waals surface area (Å²) in [7, 11) is 0. The molecular weight excluding hydrogens is 373 g/mol. The van der Waals surface area contributed by atoms with Crippen LogP contribution in [-0.2, 0) is 11.0 Å². The van der Waals surface area contributed by atoms with Crippen molar-refractivity contribution in [2.24, 2.45) is 0 Å². The molecule has 0 aliphatic carbocycles. The molecule has 3 rings (SSSR count). The lowest BCUT2D eigenvalue weighted by atomic mass is 10.1. The van der Waals surface area contributed by atoms with Gasteiger partial charge in [0.1, 0.15) is 6.33 Å². The maximum Gasteiger partial charge on any atom is 0.416 e. The van der Waals surface area contributed by atoms with E-state index >= 15 is 0 Å². The fourth-order valence-electron chi connectivity index (χ4n) is 2.52. The zero-order chi connectivity index (χ0) is 20.3. The van der Waals surface area contributed by atoms with Crippen molar-refractivity contribution in [1.82, 2.24) is 19.9 Å². The number of nitrogens with zero attached hydrogens (tertiary/aromatic N) is 4. The van der Waals surface area contributed by atoms with Crippen molar-refractivity contribution in [3.05, 3.63) is 71.6 Å². The van der Waals surface area contributed by atoms with Gasteiger partial charge < -0.3 is 5.11 Å². The van der Waals surface area contributed by atoms with E-state index in [0.29, 0.717) is 5.56 Å². The minimum Gasteiger partial charge on any atom is -0.478 e. The number of benzene rings is 1. The molecule has 0 atom stereocenters. The summed E-state index contributed by atoms with van der Waals surface area (Å²) in [5.74, 6) is -1.16. The molecule has 0 unspecified atom stereocenters. The Labute approximate surface area is 157 Å².